The zero-order chi connectivity index (χ0) is 12.6. The Kier molecular flexibility index (Phi) is 3.19. The molecule has 18 heavy (non-hydrogen) atoms. The van der Waals surface area contributed by atoms with Gasteiger partial charge in [-0.15, -0.1) is 0 Å². The number of benzene rings is 1. The molecule has 2 unspecified atom stereocenters. The van der Waals surface area contributed by atoms with Crippen molar-refractivity contribution in [3.05, 3.63) is 34.9 Å². The zero-order valence-electron chi connectivity index (χ0n) is 11.8. The molecule has 2 aliphatic rings. The van der Waals surface area contributed by atoms with Gasteiger partial charge >= 0.3 is 0 Å². The third kappa shape index (κ3) is 2.33. The molecule has 1 heteroatoms. The van der Waals surface area contributed by atoms with Gasteiger partial charge in [0.2, 0.25) is 0 Å². The van der Waals surface area contributed by atoms with Crippen LogP contribution in [-0.4, -0.2) is 13.1 Å². The first-order valence-electron chi connectivity index (χ1n) is 7.46. The van der Waals surface area contributed by atoms with E-state index in [-0.39, 0.29) is 0 Å². The molecule has 0 aromatic heterocycles. The topological polar surface area (TPSA) is 12.0 Å². The average Bonchev–Trinajstić information content (AvgIpc) is 2.95. The van der Waals surface area contributed by atoms with Crippen LogP contribution in [0.1, 0.15) is 49.3 Å². The maximum Gasteiger partial charge on any atom is 0.00695 e. The summed E-state index contributed by atoms with van der Waals surface area (Å²) in [6, 6.07) is 7.98. The van der Waals surface area contributed by atoms with Crippen molar-refractivity contribution in [2.75, 3.05) is 7.05 Å². The maximum atomic E-state index is 3.45. The van der Waals surface area contributed by atoms with Crippen molar-refractivity contribution in [1.29, 1.82) is 0 Å². The minimum absolute atomic E-state index is 0.514. The van der Waals surface area contributed by atoms with Gasteiger partial charge in [0.25, 0.3) is 0 Å². The van der Waals surface area contributed by atoms with Gasteiger partial charge in [-0.1, -0.05) is 25.1 Å². The molecule has 1 aromatic carbocycles. The SMILES string of the molecule is CNC1CCC(C)(Cc2ccc3c(c2)CCC3)C1. The Morgan fingerprint density at radius 1 is 1.28 bits per heavy atom. The molecule has 2 atom stereocenters. The van der Waals surface area contributed by atoms with Crippen molar-refractivity contribution in [1.82, 2.24) is 5.32 Å². The first-order chi connectivity index (χ1) is 8.68. The summed E-state index contributed by atoms with van der Waals surface area (Å²) < 4.78 is 0. The Bertz CT molecular complexity index is 437. The predicted octanol–water partition coefficient (Wildman–Crippen LogP) is 3.50. The molecule has 0 saturated heterocycles. The second-order valence-electron chi connectivity index (χ2n) is 6.67. The van der Waals surface area contributed by atoms with E-state index in [4.69, 9.17) is 0 Å². The fourth-order valence-electron chi connectivity index (χ4n) is 3.96. The van der Waals surface area contributed by atoms with Crippen LogP contribution in [0.5, 0.6) is 0 Å². The predicted molar refractivity (Wildman–Crippen MR) is 77.0 cm³/mol. The second kappa shape index (κ2) is 4.70. The monoisotopic (exact) mass is 243 g/mol. The summed E-state index contributed by atoms with van der Waals surface area (Å²) in [6.45, 7) is 2.47. The molecular weight excluding hydrogens is 218 g/mol. The summed E-state index contributed by atoms with van der Waals surface area (Å²) in [5, 5.41) is 3.45. The summed E-state index contributed by atoms with van der Waals surface area (Å²) in [4.78, 5) is 0. The molecule has 3 rings (SSSR count). The standard InChI is InChI=1S/C17H25N/c1-17(9-8-16(12-17)18-2)11-13-6-7-14-4-3-5-15(14)10-13/h6-7,10,16,18H,3-5,8-9,11-12H2,1-2H3. The molecule has 0 amide bonds. The van der Waals surface area contributed by atoms with Crippen LogP contribution in [0, 0.1) is 5.41 Å². The van der Waals surface area contributed by atoms with Gasteiger partial charge < -0.3 is 5.32 Å². The molecule has 0 spiro atoms. The number of hydrogen-bond acceptors (Lipinski definition) is 1. The van der Waals surface area contributed by atoms with Gasteiger partial charge in [0.1, 0.15) is 0 Å². The molecule has 1 nitrogen and oxygen atoms in total. The largest absolute Gasteiger partial charge is 0.317 e. The molecular formula is C17H25N. The van der Waals surface area contributed by atoms with Gasteiger partial charge in [0.15, 0.2) is 0 Å². The third-order valence-corrected chi connectivity index (χ3v) is 5.04. The lowest BCUT2D eigenvalue weighted by molar-refractivity contribution is 0.324. The number of nitrogens with one attached hydrogen (secondary N) is 1. The van der Waals surface area contributed by atoms with E-state index in [0.717, 1.165) is 6.04 Å². The normalized spacial score (nSPS) is 30.7. The van der Waals surface area contributed by atoms with Gasteiger partial charge in [0.05, 0.1) is 0 Å². The molecule has 0 heterocycles. The summed E-state index contributed by atoms with van der Waals surface area (Å²) in [5.74, 6) is 0. The highest BCUT2D eigenvalue weighted by Crippen LogP contribution is 2.41. The van der Waals surface area contributed by atoms with Crippen molar-refractivity contribution in [2.24, 2.45) is 5.41 Å². The lowest BCUT2D eigenvalue weighted by Crippen LogP contribution is -2.24. The first kappa shape index (κ1) is 12.2. The van der Waals surface area contributed by atoms with Gasteiger partial charge in [-0.2, -0.15) is 0 Å². The van der Waals surface area contributed by atoms with Crippen LogP contribution in [0.15, 0.2) is 18.2 Å². The van der Waals surface area contributed by atoms with Crippen molar-refractivity contribution in [3.8, 4) is 0 Å². The number of hydrogen-bond donors (Lipinski definition) is 1. The van der Waals surface area contributed by atoms with E-state index in [1.54, 1.807) is 16.7 Å². The van der Waals surface area contributed by atoms with E-state index in [0.29, 0.717) is 5.41 Å². The summed E-state index contributed by atoms with van der Waals surface area (Å²) >= 11 is 0. The van der Waals surface area contributed by atoms with Crippen LogP contribution in [0.3, 0.4) is 0 Å². The highest BCUT2D eigenvalue weighted by atomic mass is 14.9. The quantitative estimate of drug-likeness (QED) is 0.857. The van der Waals surface area contributed by atoms with E-state index in [1.807, 2.05) is 0 Å². The number of rotatable bonds is 3. The van der Waals surface area contributed by atoms with E-state index < -0.39 is 0 Å². The number of fused-ring (bicyclic) bond motifs is 1. The Morgan fingerprint density at radius 2 is 2.11 bits per heavy atom. The minimum atomic E-state index is 0.514. The molecule has 0 bridgehead atoms. The van der Waals surface area contributed by atoms with Crippen molar-refractivity contribution in [2.45, 2.75) is 57.9 Å². The maximum absolute atomic E-state index is 3.45. The van der Waals surface area contributed by atoms with E-state index in [2.05, 4.69) is 37.5 Å². The molecule has 1 fully saturated rings. The van der Waals surface area contributed by atoms with E-state index >= 15 is 0 Å². The van der Waals surface area contributed by atoms with Gasteiger partial charge in [-0.25, -0.2) is 0 Å². The molecule has 2 aliphatic carbocycles. The third-order valence-electron chi connectivity index (χ3n) is 5.04. The fourth-order valence-corrected chi connectivity index (χ4v) is 3.96. The molecule has 1 N–H and O–H groups in total. The smallest absolute Gasteiger partial charge is 0.00695 e. The Morgan fingerprint density at radius 3 is 2.89 bits per heavy atom. The van der Waals surface area contributed by atoms with Gasteiger partial charge in [-0.3, -0.25) is 0 Å². The van der Waals surface area contributed by atoms with E-state index in [1.165, 1.54) is 44.9 Å². The Hall–Kier alpha value is -0.820. The van der Waals surface area contributed by atoms with E-state index in [9.17, 15) is 0 Å². The molecule has 98 valence electrons. The summed E-state index contributed by atoms with van der Waals surface area (Å²) in [7, 11) is 2.10. The lowest BCUT2D eigenvalue weighted by atomic mass is 9.81. The molecule has 0 aliphatic heterocycles. The van der Waals surface area contributed by atoms with Crippen LogP contribution < -0.4 is 5.32 Å². The molecule has 0 radical (unpaired) electrons. The second-order valence-corrected chi connectivity index (χ2v) is 6.67. The van der Waals surface area contributed by atoms with Crippen LogP contribution in [0.25, 0.3) is 0 Å². The van der Waals surface area contributed by atoms with Crippen molar-refractivity contribution >= 4 is 0 Å². The molecule has 1 saturated carbocycles. The van der Waals surface area contributed by atoms with Gasteiger partial charge in [0, 0.05) is 6.04 Å². The Labute approximate surface area is 111 Å². The summed E-state index contributed by atoms with van der Waals surface area (Å²) in [6.07, 6.45) is 9.28. The highest BCUT2D eigenvalue weighted by molar-refractivity contribution is 5.35. The van der Waals surface area contributed by atoms with Crippen LogP contribution in [-0.2, 0) is 19.3 Å². The fraction of sp³-hybridized carbons (Fsp3) is 0.647. The minimum Gasteiger partial charge on any atom is -0.317 e. The first-order valence-corrected chi connectivity index (χ1v) is 7.46. The van der Waals surface area contributed by atoms with Crippen LogP contribution in [0.4, 0.5) is 0 Å². The highest BCUT2D eigenvalue weighted by Gasteiger charge is 2.34. The molecule has 1 aromatic rings. The van der Waals surface area contributed by atoms with Crippen molar-refractivity contribution < 1.29 is 0 Å². The van der Waals surface area contributed by atoms with Crippen molar-refractivity contribution in [3.63, 3.8) is 0 Å². The zero-order valence-corrected chi connectivity index (χ0v) is 11.8. The number of aryl methyl sites for hydroxylation is 2. The Balaban J connectivity index is 1.73. The lowest BCUT2D eigenvalue weighted by Gasteiger charge is -2.24. The summed E-state index contributed by atoms with van der Waals surface area (Å²) in [5.41, 5.74) is 5.30. The average molecular weight is 243 g/mol. The van der Waals surface area contributed by atoms with Crippen LogP contribution >= 0.6 is 0 Å². The van der Waals surface area contributed by atoms with Crippen LogP contribution in [0.2, 0.25) is 0 Å². The van der Waals surface area contributed by atoms with Gasteiger partial charge in [-0.05, 0) is 74.1 Å².